The van der Waals surface area contributed by atoms with Crippen molar-refractivity contribution in [1.29, 1.82) is 0 Å². The van der Waals surface area contributed by atoms with Gasteiger partial charge in [0.1, 0.15) is 0 Å². The molecule has 1 heterocycles. The summed E-state index contributed by atoms with van der Waals surface area (Å²) in [6.45, 7) is 5.73. The molecule has 0 atom stereocenters. The molecule has 0 aliphatic heterocycles. The van der Waals surface area contributed by atoms with Crippen molar-refractivity contribution >= 4 is 29.4 Å². The monoisotopic (exact) mass is 286 g/mol. The second-order valence-corrected chi connectivity index (χ2v) is 4.24. The number of aromatic nitrogens is 3. The van der Waals surface area contributed by atoms with Gasteiger partial charge < -0.3 is 15.1 Å². The Morgan fingerprint density at radius 2 is 1.79 bits per heavy atom. The van der Waals surface area contributed by atoms with Crippen LogP contribution in [0, 0.1) is 0 Å². The van der Waals surface area contributed by atoms with Crippen molar-refractivity contribution in [2.24, 2.45) is 0 Å². The largest absolute Gasteiger partial charge is 0.358 e. The minimum absolute atomic E-state index is 0.121. The number of rotatable bonds is 6. The van der Waals surface area contributed by atoms with Crippen LogP contribution in [0.15, 0.2) is 0 Å². The predicted molar refractivity (Wildman–Crippen MR) is 75.7 cm³/mol. The number of hydrogen-bond donors (Lipinski definition) is 1. The topological polar surface area (TPSA) is 74.2 Å². The van der Waals surface area contributed by atoms with Crippen molar-refractivity contribution in [3.63, 3.8) is 0 Å². The smallest absolute Gasteiger partial charge is 0.239 e. The van der Waals surface area contributed by atoms with E-state index in [4.69, 9.17) is 11.6 Å². The zero-order valence-corrected chi connectivity index (χ0v) is 12.4. The summed E-state index contributed by atoms with van der Waals surface area (Å²) < 4.78 is 0. The van der Waals surface area contributed by atoms with Crippen LogP contribution in [0.3, 0.4) is 0 Å². The van der Waals surface area contributed by atoms with E-state index >= 15 is 0 Å². The van der Waals surface area contributed by atoms with Gasteiger partial charge in [-0.3, -0.25) is 4.79 Å². The Balaban J connectivity index is 2.98. The molecule has 0 saturated carbocycles. The molecular formula is C11H19ClN6O. The highest BCUT2D eigenvalue weighted by Gasteiger charge is 2.14. The Labute approximate surface area is 118 Å². The van der Waals surface area contributed by atoms with Gasteiger partial charge in [0, 0.05) is 27.2 Å². The lowest BCUT2D eigenvalue weighted by Crippen LogP contribution is -2.34. The van der Waals surface area contributed by atoms with Gasteiger partial charge in [-0.2, -0.15) is 15.0 Å². The maximum atomic E-state index is 11.3. The quantitative estimate of drug-likeness (QED) is 0.823. The Morgan fingerprint density at radius 3 is 2.32 bits per heavy atom. The van der Waals surface area contributed by atoms with Crippen LogP contribution in [-0.4, -0.2) is 54.6 Å². The molecule has 0 spiro atoms. The number of anilines is 2. The summed E-state index contributed by atoms with van der Waals surface area (Å²) in [7, 11) is 3.31. The summed E-state index contributed by atoms with van der Waals surface area (Å²) in [5.41, 5.74) is 0. The first-order valence-electron chi connectivity index (χ1n) is 6.10. The molecule has 1 amide bonds. The van der Waals surface area contributed by atoms with Crippen LogP contribution in [0.1, 0.15) is 13.8 Å². The molecule has 0 radical (unpaired) electrons. The molecule has 0 bridgehead atoms. The summed E-state index contributed by atoms with van der Waals surface area (Å²) >= 11 is 5.91. The molecule has 1 N–H and O–H groups in total. The summed E-state index contributed by atoms with van der Waals surface area (Å²) in [5.74, 6) is 0.776. The highest BCUT2D eigenvalue weighted by Crippen LogP contribution is 2.15. The number of hydrogen-bond acceptors (Lipinski definition) is 6. The Hall–Kier alpha value is -1.63. The average Bonchev–Trinajstić information content (AvgIpc) is 2.39. The van der Waals surface area contributed by atoms with Crippen molar-refractivity contribution in [2.75, 3.05) is 43.5 Å². The zero-order valence-electron chi connectivity index (χ0n) is 11.6. The fourth-order valence-electron chi connectivity index (χ4n) is 1.51. The van der Waals surface area contributed by atoms with Crippen molar-refractivity contribution in [3.8, 4) is 0 Å². The van der Waals surface area contributed by atoms with Crippen LogP contribution in [-0.2, 0) is 4.79 Å². The molecule has 0 fully saturated rings. The predicted octanol–water partition coefficient (Wildman–Crippen LogP) is 0.553. The van der Waals surface area contributed by atoms with Crippen LogP contribution < -0.4 is 15.1 Å². The molecule has 0 saturated heterocycles. The zero-order chi connectivity index (χ0) is 14.4. The van der Waals surface area contributed by atoms with E-state index in [2.05, 4.69) is 20.3 Å². The van der Waals surface area contributed by atoms with E-state index in [1.807, 2.05) is 18.7 Å². The molecule has 1 aromatic rings. The fraction of sp³-hybridized carbons (Fsp3) is 0.636. The summed E-state index contributed by atoms with van der Waals surface area (Å²) in [5, 5.41) is 2.67. The molecule has 0 aliphatic rings. The number of nitrogens with one attached hydrogen (secondary N) is 1. The third-order valence-corrected chi connectivity index (χ3v) is 2.80. The summed E-state index contributed by atoms with van der Waals surface area (Å²) in [6, 6.07) is 0. The van der Waals surface area contributed by atoms with Crippen molar-refractivity contribution in [3.05, 3.63) is 5.28 Å². The SMILES string of the molecule is CCN(CC)c1nc(Cl)nc(N(C)CC(=O)NC)n1. The van der Waals surface area contributed by atoms with Gasteiger partial charge in [0.25, 0.3) is 0 Å². The van der Waals surface area contributed by atoms with Crippen LogP contribution in [0.25, 0.3) is 0 Å². The van der Waals surface area contributed by atoms with Gasteiger partial charge in [0.2, 0.25) is 23.1 Å². The van der Waals surface area contributed by atoms with Gasteiger partial charge in [0.05, 0.1) is 6.54 Å². The number of halogens is 1. The molecular weight excluding hydrogens is 268 g/mol. The van der Waals surface area contributed by atoms with E-state index in [0.29, 0.717) is 11.9 Å². The maximum absolute atomic E-state index is 11.3. The minimum atomic E-state index is -0.122. The highest BCUT2D eigenvalue weighted by atomic mass is 35.5. The van der Waals surface area contributed by atoms with E-state index in [9.17, 15) is 4.79 Å². The van der Waals surface area contributed by atoms with E-state index in [1.54, 1.807) is 19.0 Å². The lowest BCUT2D eigenvalue weighted by atomic mass is 10.5. The number of carbonyl (C=O) groups is 1. The van der Waals surface area contributed by atoms with Crippen LogP contribution in [0.4, 0.5) is 11.9 Å². The normalized spacial score (nSPS) is 10.2. The first kappa shape index (κ1) is 15.4. The van der Waals surface area contributed by atoms with Gasteiger partial charge in [0.15, 0.2) is 0 Å². The Kier molecular flexibility index (Phi) is 5.75. The number of amides is 1. The molecule has 1 aromatic heterocycles. The number of nitrogens with zero attached hydrogens (tertiary/aromatic N) is 5. The van der Waals surface area contributed by atoms with E-state index in [1.165, 1.54) is 0 Å². The Bertz CT molecular complexity index is 437. The van der Waals surface area contributed by atoms with Crippen molar-refractivity contribution in [2.45, 2.75) is 13.8 Å². The molecule has 0 aliphatic carbocycles. The second kappa shape index (κ2) is 7.08. The lowest BCUT2D eigenvalue weighted by Gasteiger charge is -2.21. The van der Waals surface area contributed by atoms with Gasteiger partial charge in [-0.25, -0.2) is 0 Å². The molecule has 8 heteroatoms. The Morgan fingerprint density at radius 1 is 1.21 bits per heavy atom. The third kappa shape index (κ3) is 4.20. The first-order chi connectivity index (χ1) is 9.01. The average molecular weight is 287 g/mol. The van der Waals surface area contributed by atoms with Crippen molar-refractivity contribution in [1.82, 2.24) is 20.3 Å². The van der Waals surface area contributed by atoms with Crippen molar-refractivity contribution < 1.29 is 4.79 Å². The third-order valence-electron chi connectivity index (χ3n) is 2.63. The van der Waals surface area contributed by atoms with Crippen LogP contribution in [0.2, 0.25) is 5.28 Å². The molecule has 0 unspecified atom stereocenters. The van der Waals surface area contributed by atoms with E-state index < -0.39 is 0 Å². The molecule has 106 valence electrons. The fourth-order valence-corrected chi connectivity index (χ4v) is 1.66. The van der Waals surface area contributed by atoms with Crippen LogP contribution in [0.5, 0.6) is 0 Å². The molecule has 0 aromatic carbocycles. The number of carbonyl (C=O) groups excluding carboxylic acids is 1. The minimum Gasteiger partial charge on any atom is -0.358 e. The van der Waals surface area contributed by atoms with Crippen LogP contribution >= 0.6 is 11.6 Å². The maximum Gasteiger partial charge on any atom is 0.239 e. The standard InChI is InChI=1S/C11H19ClN6O/c1-5-18(6-2)11-15-9(12)14-10(16-11)17(4)7-8(19)13-3/h5-7H2,1-4H3,(H,13,19). The van der Waals surface area contributed by atoms with E-state index in [-0.39, 0.29) is 17.7 Å². The van der Waals surface area contributed by atoms with Gasteiger partial charge in [-0.05, 0) is 25.4 Å². The number of likely N-dealkylation sites (N-methyl/N-ethyl adjacent to an activating group) is 2. The second-order valence-electron chi connectivity index (χ2n) is 3.91. The lowest BCUT2D eigenvalue weighted by molar-refractivity contribution is -0.119. The molecule has 19 heavy (non-hydrogen) atoms. The van der Waals surface area contributed by atoms with E-state index in [0.717, 1.165) is 13.1 Å². The molecule has 1 rings (SSSR count). The van der Waals surface area contributed by atoms with Gasteiger partial charge in [-0.15, -0.1) is 0 Å². The highest BCUT2D eigenvalue weighted by molar-refractivity contribution is 6.28. The van der Waals surface area contributed by atoms with Gasteiger partial charge >= 0.3 is 0 Å². The summed E-state index contributed by atoms with van der Waals surface area (Å²) in [6.07, 6.45) is 0. The molecule has 7 nitrogen and oxygen atoms in total. The van der Waals surface area contributed by atoms with Gasteiger partial charge in [-0.1, -0.05) is 0 Å². The first-order valence-corrected chi connectivity index (χ1v) is 6.47. The summed E-state index contributed by atoms with van der Waals surface area (Å²) in [4.78, 5) is 27.4.